The molecule has 1 aromatic heterocycles. The van der Waals surface area contributed by atoms with Crippen LogP contribution in [0.2, 0.25) is 0 Å². The van der Waals surface area contributed by atoms with E-state index in [4.69, 9.17) is 5.53 Å². The summed E-state index contributed by atoms with van der Waals surface area (Å²) in [5, 5.41) is 10.6. The van der Waals surface area contributed by atoms with Gasteiger partial charge in [0.15, 0.2) is 0 Å². The molecule has 0 aliphatic heterocycles. The zero-order valence-electron chi connectivity index (χ0n) is 7.36. The molecule has 0 saturated heterocycles. The summed E-state index contributed by atoms with van der Waals surface area (Å²) in [4.78, 5) is 0. The van der Waals surface area contributed by atoms with Crippen LogP contribution in [0.4, 0.5) is 0 Å². The van der Waals surface area contributed by atoms with Gasteiger partial charge in [-0.25, -0.2) is 5.53 Å². The molecule has 0 saturated carbocycles. The van der Waals surface area contributed by atoms with E-state index in [1.54, 1.807) is 0 Å². The topological polar surface area (TPSA) is 64.9 Å². The van der Waals surface area contributed by atoms with Crippen molar-refractivity contribution in [1.82, 2.24) is 10.2 Å². The quantitative estimate of drug-likeness (QED) is 0.657. The molecule has 2 aromatic rings. The predicted molar refractivity (Wildman–Crippen MR) is 51.0 cm³/mol. The number of rotatable bonds is 1. The van der Waals surface area contributed by atoms with Crippen LogP contribution >= 0.6 is 0 Å². The fourth-order valence-corrected chi connectivity index (χ4v) is 1.98. The summed E-state index contributed by atoms with van der Waals surface area (Å²) in [7, 11) is 0. The maximum Gasteiger partial charge on any atom is 0.125 e. The second kappa shape index (κ2) is 2.51. The van der Waals surface area contributed by atoms with Crippen molar-refractivity contribution in [1.29, 1.82) is 5.53 Å². The van der Waals surface area contributed by atoms with E-state index >= 15 is 0 Å². The van der Waals surface area contributed by atoms with E-state index in [-0.39, 0.29) is 6.04 Å². The largest absolute Gasteiger partial charge is 0.285 e. The Morgan fingerprint density at radius 1 is 1.29 bits per heavy atom. The Morgan fingerprint density at radius 2 is 2.14 bits per heavy atom. The highest BCUT2D eigenvalue weighted by atomic mass is 15.1. The maximum atomic E-state index is 7.18. The third-order valence-electron chi connectivity index (χ3n) is 2.60. The second-order valence-corrected chi connectivity index (χ2v) is 3.31. The van der Waals surface area contributed by atoms with Gasteiger partial charge in [-0.15, -0.1) is 0 Å². The number of aromatic amines is 1. The standard InChI is InChI=1S/C10H8N4/c11-13-9-6-3-1-2-4-7(6)10-8(9)5-12-14-10/h1-5,9,11H,(H,12,14). The monoisotopic (exact) mass is 184 g/mol. The summed E-state index contributed by atoms with van der Waals surface area (Å²) in [6, 6.07) is 7.79. The number of hydrogen-bond acceptors (Lipinski definition) is 3. The van der Waals surface area contributed by atoms with Gasteiger partial charge < -0.3 is 0 Å². The zero-order chi connectivity index (χ0) is 9.54. The van der Waals surface area contributed by atoms with E-state index in [0.717, 1.165) is 22.4 Å². The first kappa shape index (κ1) is 7.44. The number of nitrogens with one attached hydrogen (secondary N) is 2. The number of aromatic nitrogens is 2. The van der Waals surface area contributed by atoms with Crippen LogP contribution in [0.1, 0.15) is 17.2 Å². The lowest BCUT2D eigenvalue weighted by molar-refractivity contribution is 0.794. The van der Waals surface area contributed by atoms with E-state index in [1.165, 1.54) is 0 Å². The third-order valence-corrected chi connectivity index (χ3v) is 2.60. The summed E-state index contributed by atoms with van der Waals surface area (Å²) >= 11 is 0. The van der Waals surface area contributed by atoms with Crippen molar-refractivity contribution in [2.75, 3.05) is 0 Å². The molecule has 1 aliphatic carbocycles. The lowest BCUT2D eigenvalue weighted by Crippen LogP contribution is -1.89. The van der Waals surface area contributed by atoms with E-state index in [0.29, 0.717) is 0 Å². The molecule has 1 aliphatic rings. The maximum absolute atomic E-state index is 7.18. The molecular formula is C10H8N4. The molecule has 2 N–H and O–H groups in total. The number of hydrogen-bond donors (Lipinski definition) is 2. The summed E-state index contributed by atoms with van der Waals surface area (Å²) < 4.78 is 0. The van der Waals surface area contributed by atoms with Gasteiger partial charge in [0.1, 0.15) is 6.04 Å². The van der Waals surface area contributed by atoms with Crippen molar-refractivity contribution in [2.45, 2.75) is 6.04 Å². The Balaban J connectivity index is 2.35. The Labute approximate surface area is 80.5 Å². The molecule has 1 aromatic carbocycles. The molecule has 1 atom stereocenters. The predicted octanol–water partition coefficient (Wildman–Crippen LogP) is 2.51. The smallest absolute Gasteiger partial charge is 0.125 e. The number of nitrogens with zero attached hydrogens (tertiary/aromatic N) is 2. The van der Waals surface area contributed by atoms with Crippen molar-refractivity contribution in [2.24, 2.45) is 5.11 Å². The van der Waals surface area contributed by atoms with E-state index in [2.05, 4.69) is 15.3 Å². The number of benzene rings is 1. The van der Waals surface area contributed by atoms with Crippen molar-refractivity contribution in [3.05, 3.63) is 41.6 Å². The molecule has 3 rings (SSSR count). The minimum Gasteiger partial charge on any atom is -0.285 e. The Bertz CT molecular complexity index is 500. The van der Waals surface area contributed by atoms with E-state index in [9.17, 15) is 0 Å². The van der Waals surface area contributed by atoms with Crippen LogP contribution in [0.15, 0.2) is 35.6 Å². The van der Waals surface area contributed by atoms with E-state index < -0.39 is 0 Å². The van der Waals surface area contributed by atoms with Gasteiger partial charge in [-0.3, -0.25) is 5.10 Å². The van der Waals surface area contributed by atoms with Gasteiger partial charge in [0, 0.05) is 17.3 Å². The minimum atomic E-state index is -0.167. The van der Waals surface area contributed by atoms with Gasteiger partial charge in [0.25, 0.3) is 0 Å². The molecule has 1 unspecified atom stereocenters. The summed E-state index contributed by atoms with van der Waals surface area (Å²) in [5.41, 5.74) is 11.3. The Kier molecular flexibility index (Phi) is 1.33. The van der Waals surface area contributed by atoms with Gasteiger partial charge >= 0.3 is 0 Å². The molecular weight excluding hydrogens is 176 g/mol. The molecule has 4 heteroatoms. The average Bonchev–Trinajstić information content (AvgIpc) is 2.77. The highest BCUT2D eigenvalue weighted by Gasteiger charge is 2.30. The lowest BCUT2D eigenvalue weighted by Gasteiger charge is -2.02. The highest BCUT2D eigenvalue weighted by molar-refractivity contribution is 5.75. The molecule has 68 valence electrons. The molecule has 14 heavy (non-hydrogen) atoms. The zero-order valence-corrected chi connectivity index (χ0v) is 7.36. The van der Waals surface area contributed by atoms with Crippen molar-refractivity contribution < 1.29 is 0 Å². The van der Waals surface area contributed by atoms with Crippen LogP contribution in [0.25, 0.3) is 11.3 Å². The van der Waals surface area contributed by atoms with Crippen LogP contribution in [-0.4, -0.2) is 10.2 Å². The first-order valence-corrected chi connectivity index (χ1v) is 4.41. The summed E-state index contributed by atoms with van der Waals surface area (Å²) in [5.74, 6) is 0. The van der Waals surface area contributed by atoms with Crippen LogP contribution in [-0.2, 0) is 0 Å². The van der Waals surface area contributed by atoms with Crippen molar-refractivity contribution in [3.63, 3.8) is 0 Å². The number of H-pyrrole nitrogens is 1. The second-order valence-electron chi connectivity index (χ2n) is 3.31. The molecule has 1 heterocycles. The van der Waals surface area contributed by atoms with Crippen molar-refractivity contribution in [3.8, 4) is 11.3 Å². The highest BCUT2D eigenvalue weighted by Crippen LogP contribution is 2.43. The normalized spacial score (nSPS) is 17.6. The van der Waals surface area contributed by atoms with Gasteiger partial charge in [0.2, 0.25) is 0 Å². The van der Waals surface area contributed by atoms with Crippen molar-refractivity contribution >= 4 is 0 Å². The van der Waals surface area contributed by atoms with Gasteiger partial charge in [0.05, 0.1) is 5.69 Å². The Hall–Kier alpha value is -1.97. The number of fused-ring (bicyclic) bond motifs is 3. The van der Waals surface area contributed by atoms with Gasteiger partial charge in [-0.1, -0.05) is 24.3 Å². The fraction of sp³-hybridized carbons (Fsp3) is 0.100. The van der Waals surface area contributed by atoms with Crippen LogP contribution < -0.4 is 0 Å². The molecule has 0 spiro atoms. The minimum absolute atomic E-state index is 0.167. The summed E-state index contributed by atoms with van der Waals surface area (Å²) in [6.45, 7) is 0. The first-order chi connectivity index (χ1) is 6.92. The molecule has 0 bridgehead atoms. The summed E-state index contributed by atoms with van der Waals surface area (Å²) in [6.07, 6.45) is 1.82. The van der Waals surface area contributed by atoms with Gasteiger partial charge in [-0.2, -0.15) is 10.2 Å². The van der Waals surface area contributed by atoms with Crippen LogP contribution in [0.5, 0.6) is 0 Å². The molecule has 0 fully saturated rings. The Morgan fingerprint density at radius 3 is 3.00 bits per heavy atom. The lowest BCUT2D eigenvalue weighted by atomic mass is 10.1. The fourth-order valence-electron chi connectivity index (χ4n) is 1.98. The van der Waals surface area contributed by atoms with Crippen LogP contribution in [0.3, 0.4) is 0 Å². The third kappa shape index (κ3) is 0.750. The SMILES string of the molecule is N=NC1c2ccccc2-c2n[nH]cc21. The van der Waals surface area contributed by atoms with Gasteiger partial charge in [-0.05, 0) is 5.56 Å². The van der Waals surface area contributed by atoms with E-state index in [1.807, 2.05) is 30.5 Å². The molecule has 0 radical (unpaired) electrons. The molecule has 4 nitrogen and oxygen atoms in total. The molecule has 0 amide bonds. The van der Waals surface area contributed by atoms with Crippen LogP contribution in [0, 0.1) is 5.53 Å². The first-order valence-electron chi connectivity index (χ1n) is 4.41. The average molecular weight is 184 g/mol.